The van der Waals surface area contributed by atoms with Crippen LogP contribution in [0.1, 0.15) is 19.3 Å². The number of benzene rings is 1. The maximum absolute atomic E-state index is 13.0. The third-order valence-electron chi connectivity index (χ3n) is 5.12. The summed E-state index contributed by atoms with van der Waals surface area (Å²) in [7, 11) is 3.01. The standard InChI is InChI=1S/C18H23N3O5/c1-25-12-3-4-15(26-2)13(9-12)21-16(22)10-14(18(21)24)20-7-5-11(6-8-20)17(19)23/h3-4,9,11,14H,5-8,10H2,1-2H3,(H2,19,23). The lowest BCUT2D eigenvalue weighted by molar-refractivity contribution is -0.124. The molecule has 2 aliphatic rings. The Morgan fingerprint density at radius 3 is 2.42 bits per heavy atom. The number of nitrogens with two attached hydrogens (primary N) is 1. The second-order valence-corrected chi connectivity index (χ2v) is 6.54. The molecule has 8 heteroatoms. The molecule has 2 aliphatic heterocycles. The van der Waals surface area contributed by atoms with Gasteiger partial charge < -0.3 is 15.2 Å². The van der Waals surface area contributed by atoms with Crippen molar-refractivity contribution in [1.29, 1.82) is 0 Å². The van der Waals surface area contributed by atoms with Gasteiger partial charge in [0.2, 0.25) is 11.8 Å². The third kappa shape index (κ3) is 3.24. The van der Waals surface area contributed by atoms with Crippen LogP contribution in [0.15, 0.2) is 18.2 Å². The number of hydrogen-bond donors (Lipinski definition) is 1. The predicted octanol–water partition coefficient (Wildman–Crippen LogP) is 0.533. The van der Waals surface area contributed by atoms with Gasteiger partial charge in [0.05, 0.1) is 32.4 Å². The number of nitrogens with zero attached hydrogens (tertiary/aromatic N) is 2. The molecule has 3 amide bonds. The Labute approximate surface area is 151 Å². The van der Waals surface area contributed by atoms with Gasteiger partial charge in [-0.1, -0.05) is 0 Å². The molecule has 0 bridgehead atoms. The fourth-order valence-corrected chi connectivity index (χ4v) is 3.62. The first-order valence-corrected chi connectivity index (χ1v) is 8.58. The molecule has 2 heterocycles. The zero-order chi connectivity index (χ0) is 18.8. The molecule has 8 nitrogen and oxygen atoms in total. The van der Waals surface area contributed by atoms with E-state index >= 15 is 0 Å². The van der Waals surface area contributed by atoms with Gasteiger partial charge in [-0.3, -0.25) is 19.3 Å². The van der Waals surface area contributed by atoms with Gasteiger partial charge in [0.1, 0.15) is 11.5 Å². The number of anilines is 1. The van der Waals surface area contributed by atoms with Gasteiger partial charge in [0, 0.05) is 12.0 Å². The Hall–Kier alpha value is -2.61. The van der Waals surface area contributed by atoms with Gasteiger partial charge >= 0.3 is 0 Å². The Morgan fingerprint density at radius 1 is 1.15 bits per heavy atom. The molecule has 1 atom stereocenters. The van der Waals surface area contributed by atoms with Crippen LogP contribution in [0.5, 0.6) is 11.5 Å². The summed E-state index contributed by atoms with van der Waals surface area (Å²) in [5.41, 5.74) is 5.75. The number of primary amides is 1. The number of rotatable bonds is 5. The van der Waals surface area contributed by atoms with E-state index in [4.69, 9.17) is 15.2 Å². The highest BCUT2D eigenvalue weighted by Crippen LogP contribution is 2.36. The van der Waals surface area contributed by atoms with Gasteiger partial charge in [-0.25, -0.2) is 4.90 Å². The molecule has 0 radical (unpaired) electrons. The number of amides is 3. The van der Waals surface area contributed by atoms with E-state index in [1.807, 2.05) is 4.90 Å². The molecule has 2 N–H and O–H groups in total. The van der Waals surface area contributed by atoms with Crippen LogP contribution in [0, 0.1) is 5.92 Å². The summed E-state index contributed by atoms with van der Waals surface area (Å²) in [5.74, 6) is -0.0513. The largest absolute Gasteiger partial charge is 0.497 e. The predicted molar refractivity (Wildman–Crippen MR) is 93.9 cm³/mol. The van der Waals surface area contributed by atoms with Crippen molar-refractivity contribution in [2.24, 2.45) is 11.7 Å². The molecule has 1 aromatic carbocycles. The molecule has 0 aromatic heterocycles. The molecule has 1 unspecified atom stereocenters. The van der Waals surface area contributed by atoms with E-state index in [9.17, 15) is 14.4 Å². The number of hydrogen-bond acceptors (Lipinski definition) is 6. The number of carbonyl (C=O) groups excluding carboxylic acids is 3. The molecular weight excluding hydrogens is 338 g/mol. The molecule has 3 rings (SSSR count). The summed E-state index contributed by atoms with van der Waals surface area (Å²) >= 11 is 0. The molecule has 140 valence electrons. The van der Waals surface area contributed by atoms with Crippen LogP contribution in [0.4, 0.5) is 5.69 Å². The normalized spacial score (nSPS) is 21.9. The SMILES string of the molecule is COc1ccc(OC)c(N2C(=O)CC(N3CCC(C(N)=O)CC3)C2=O)c1. The highest BCUT2D eigenvalue weighted by Gasteiger charge is 2.44. The summed E-state index contributed by atoms with van der Waals surface area (Å²) in [6.07, 6.45) is 1.33. The zero-order valence-corrected chi connectivity index (χ0v) is 14.9. The molecule has 0 aliphatic carbocycles. The van der Waals surface area contributed by atoms with Crippen LogP contribution in [0.2, 0.25) is 0 Å². The average molecular weight is 361 g/mol. The molecule has 1 aromatic rings. The van der Waals surface area contributed by atoms with Gasteiger partial charge in [-0.15, -0.1) is 0 Å². The third-order valence-corrected chi connectivity index (χ3v) is 5.12. The Bertz CT molecular complexity index is 728. The van der Waals surface area contributed by atoms with Crippen molar-refractivity contribution in [2.75, 3.05) is 32.2 Å². The molecule has 2 saturated heterocycles. The van der Waals surface area contributed by atoms with E-state index < -0.39 is 6.04 Å². The van der Waals surface area contributed by atoms with Crippen LogP contribution < -0.4 is 20.1 Å². The number of likely N-dealkylation sites (tertiary alicyclic amines) is 1. The lowest BCUT2D eigenvalue weighted by Gasteiger charge is -2.33. The Morgan fingerprint density at radius 2 is 1.85 bits per heavy atom. The van der Waals surface area contributed by atoms with Crippen molar-refractivity contribution < 1.29 is 23.9 Å². The van der Waals surface area contributed by atoms with Gasteiger partial charge in [-0.05, 0) is 38.1 Å². The zero-order valence-electron chi connectivity index (χ0n) is 14.9. The Balaban J connectivity index is 1.81. The summed E-state index contributed by atoms with van der Waals surface area (Å²) < 4.78 is 10.5. The topological polar surface area (TPSA) is 102 Å². The minimum absolute atomic E-state index is 0.112. The average Bonchev–Trinajstić information content (AvgIpc) is 2.95. The fourth-order valence-electron chi connectivity index (χ4n) is 3.62. The number of methoxy groups -OCH3 is 2. The first-order chi connectivity index (χ1) is 12.5. The second-order valence-electron chi connectivity index (χ2n) is 6.54. The van der Waals surface area contributed by atoms with E-state index in [-0.39, 0.29) is 30.1 Å². The Kier molecular flexibility index (Phi) is 5.13. The summed E-state index contributed by atoms with van der Waals surface area (Å²) in [6, 6.07) is 4.48. The minimum atomic E-state index is -0.521. The van der Waals surface area contributed by atoms with Crippen molar-refractivity contribution in [3.63, 3.8) is 0 Å². The number of imide groups is 1. The monoisotopic (exact) mass is 361 g/mol. The van der Waals surface area contributed by atoms with Crippen LogP contribution in [0.25, 0.3) is 0 Å². The smallest absolute Gasteiger partial charge is 0.251 e. The number of piperidine rings is 1. The molecule has 0 saturated carbocycles. The molecular formula is C18H23N3O5. The van der Waals surface area contributed by atoms with E-state index in [1.165, 1.54) is 19.1 Å². The lowest BCUT2D eigenvalue weighted by atomic mass is 9.95. The molecule has 26 heavy (non-hydrogen) atoms. The molecule has 2 fully saturated rings. The molecule has 0 spiro atoms. The van der Waals surface area contributed by atoms with Crippen LogP contribution in [-0.2, 0) is 14.4 Å². The van der Waals surface area contributed by atoms with Crippen LogP contribution in [0.3, 0.4) is 0 Å². The van der Waals surface area contributed by atoms with Crippen molar-refractivity contribution in [1.82, 2.24) is 4.90 Å². The maximum atomic E-state index is 13.0. The van der Waals surface area contributed by atoms with E-state index in [2.05, 4.69) is 0 Å². The van der Waals surface area contributed by atoms with Crippen LogP contribution >= 0.6 is 0 Å². The number of ether oxygens (including phenoxy) is 2. The van der Waals surface area contributed by atoms with Crippen molar-refractivity contribution in [3.8, 4) is 11.5 Å². The quantitative estimate of drug-likeness (QED) is 0.768. The van der Waals surface area contributed by atoms with Gasteiger partial charge in [0.15, 0.2) is 0 Å². The first kappa shape index (κ1) is 18.2. The minimum Gasteiger partial charge on any atom is -0.497 e. The fraction of sp³-hybridized carbons (Fsp3) is 0.500. The maximum Gasteiger partial charge on any atom is 0.251 e. The summed E-state index contributed by atoms with van der Waals surface area (Å²) in [6.45, 7) is 1.14. The lowest BCUT2D eigenvalue weighted by Crippen LogP contribution is -2.47. The van der Waals surface area contributed by atoms with Gasteiger partial charge in [0.25, 0.3) is 5.91 Å². The van der Waals surface area contributed by atoms with E-state index in [0.717, 1.165) is 0 Å². The second kappa shape index (κ2) is 7.33. The van der Waals surface area contributed by atoms with Crippen molar-refractivity contribution >= 4 is 23.4 Å². The van der Waals surface area contributed by atoms with Crippen LogP contribution in [-0.4, -0.2) is 56.0 Å². The van der Waals surface area contributed by atoms with Crippen molar-refractivity contribution in [3.05, 3.63) is 18.2 Å². The summed E-state index contributed by atoms with van der Waals surface area (Å²) in [5, 5.41) is 0. The number of carbonyl (C=O) groups is 3. The highest BCUT2D eigenvalue weighted by molar-refractivity contribution is 6.23. The van der Waals surface area contributed by atoms with E-state index in [1.54, 1.807) is 18.2 Å². The summed E-state index contributed by atoms with van der Waals surface area (Å²) in [4.78, 5) is 40.0. The first-order valence-electron chi connectivity index (χ1n) is 8.58. The van der Waals surface area contributed by atoms with E-state index in [0.29, 0.717) is 43.1 Å². The van der Waals surface area contributed by atoms with Crippen molar-refractivity contribution in [2.45, 2.75) is 25.3 Å². The van der Waals surface area contributed by atoms with Gasteiger partial charge in [-0.2, -0.15) is 0 Å². The highest BCUT2D eigenvalue weighted by atomic mass is 16.5.